The molecule has 0 saturated carbocycles. The molecule has 0 saturated heterocycles. The molecule has 5 heteroatoms. The molecule has 0 spiro atoms. The Morgan fingerprint density at radius 2 is 1.83 bits per heavy atom. The summed E-state index contributed by atoms with van der Waals surface area (Å²) in [6, 6.07) is 9.28. The number of carbonyl (C=O) groups excluding carboxylic acids is 2. The molecule has 1 unspecified atom stereocenters. The van der Waals surface area contributed by atoms with Gasteiger partial charge in [0.1, 0.15) is 0 Å². The molecule has 0 aliphatic rings. The van der Waals surface area contributed by atoms with Crippen molar-refractivity contribution < 1.29 is 19.1 Å². The van der Waals surface area contributed by atoms with Gasteiger partial charge in [-0.15, -0.1) is 0 Å². The Morgan fingerprint density at radius 3 is 2.39 bits per heavy atom. The maximum atomic E-state index is 11.7. The monoisotopic (exact) mass is 251 g/mol. The van der Waals surface area contributed by atoms with Crippen molar-refractivity contribution in [1.29, 1.82) is 0 Å². The highest BCUT2D eigenvalue weighted by Crippen LogP contribution is 2.15. The summed E-state index contributed by atoms with van der Waals surface area (Å²) < 4.78 is 9.26. The summed E-state index contributed by atoms with van der Waals surface area (Å²) in [6.45, 7) is 0.391. The maximum absolute atomic E-state index is 11.7. The van der Waals surface area contributed by atoms with Crippen molar-refractivity contribution in [3.63, 3.8) is 0 Å². The van der Waals surface area contributed by atoms with E-state index < -0.39 is 5.92 Å². The van der Waals surface area contributed by atoms with E-state index in [0.717, 1.165) is 5.56 Å². The molecule has 0 amide bonds. The van der Waals surface area contributed by atoms with Gasteiger partial charge in [0.25, 0.3) is 0 Å². The van der Waals surface area contributed by atoms with Crippen molar-refractivity contribution >= 4 is 11.9 Å². The summed E-state index contributed by atoms with van der Waals surface area (Å²) in [5.74, 6) is -1.13. The average molecular weight is 251 g/mol. The van der Waals surface area contributed by atoms with E-state index in [1.807, 2.05) is 30.3 Å². The standard InChI is InChI=1S/C13H17NO4/c1-17-12(15)9-14-8-11(13(16)18-2)10-6-4-3-5-7-10/h3-7,11,14H,8-9H2,1-2H3. The highest BCUT2D eigenvalue weighted by molar-refractivity contribution is 5.78. The Balaban J connectivity index is 2.63. The fraction of sp³-hybridized carbons (Fsp3) is 0.385. The van der Waals surface area contributed by atoms with Crippen LogP contribution < -0.4 is 5.32 Å². The first-order chi connectivity index (χ1) is 8.69. The highest BCUT2D eigenvalue weighted by atomic mass is 16.5. The zero-order valence-corrected chi connectivity index (χ0v) is 10.5. The van der Waals surface area contributed by atoms with Gasteiger partial charge in [-0.05, 0) is 5.56 Å². The van der Waals surface area contributed by atoms with E-state index in [1.54, 1.807) is 0 Å². The summed E-state index contributed by atoms with van der Waals surface area (Å²) in [5, 5.41) is 2.87. The number of carbonyl (C=O) groups is 2. The minimum atomic E-state index is -0.430. The van der Waals surface area contributed by atoms with Gasteiger partial charge in [0.2, 0.25) is 0 Å². The lowest BCUT2D eigenvalue weighted by Gasteiger charge is -2.15. The molecule has 0 bridgehead atoms. The molecular formula is C13H17NO4. The third kappa shape index (κ3) is 4.18. The number of nitrogens with one attached hydrogen (secondary N) is 1. The number of ether oxygens (including phenoxy) is 2. The lowest BCUT2D eigenvalue weighted by Crippen LogP contribution is -2.31. The van der Waals surface area contributed by atoms with Crippen LogP contribution in [0.1, 0.15) is 11.5 Å². The lowest BCUT2D eigenvalue weighted by molar-refractivity contribution is -0.143. The summed E-state index contributed by atoms with van der Waals surface area (Å²) in [6.07, 6.45) is 0. The summed E-state index contributed by atoms with van der Waals surface area (Å²) in [4.78, 5) is 22.6. The van der Waals surface area contributed by atoms with E-state index in [-0.39, 0.29) is 18.5 Å². The normalized spacial score (nSPS) is 11.7. The Morgan fingerprint density at radius 1 is 1.17 bits per heavy atom. The number of benzene rings is 1. The van der Waals surface area contributed by atoms with Crippen molar-refractivity contribution in [2.75, 3.05) is 27.3 Å². The van der Waals surface area contributed by atoms with Gasteiger partial charge in [-0.25, -0.2) is 0 Å². The number of hydrogen-bond acceptors (Lipinski definition) is 5. The number of rotatable bonds is 6. The van der Waals surface area contributed by atoms with Crippen LogP contribution in [0.2, 0.25) is 0 Å². The molecule has 1 atom stereocenters. The van der Waals surface area contributed by atoms with Gasteiger partial charge >= 0.3 is 11.9 Å². The molecule has 1 aromatic carbocycles. The molecule has 1 rings (SSSR count). The van der Waals surface area contributed by atoms with Crippen LogP contribution in [0.25, 0.3) is 0 Å². The van der Waals surface area contributed by atoms with E-state index in [2.05, 4.69) is 10.1 Å². The molecule has 98 valence electrons. The van der Waals surface area contributed by atoms with Crippen molar-refractivity contribution in [3.05, 3.63) is 35.9 Å². The first-order valence-electron chi connectivity index (χ1n) is 5.59. The molecule has 0 fully saturated rings. The SMILES string of the molecule is COC(=O)CNCC(C(=O)OC)c1ccccc1. The van der Waals surface area contributed by atoms with Crippen molar-refractivity contribution in [1.82, 2.24) is 5.32 Å². The van der Waals surface area contributed by atoms with Crippen LogP contribution in [0.5, 0.6) is 0 Å². The molecule has 5 nitrogen and oxygen atoms in total. The number of methoxy groups -OCH3 is 2. The van der Waals surface area contributed by atoms with E-state index in [1.165, 1.54) is 14.2 Å². The van der Waals surface area contributed by atoms with Crippen LogP contribution in [0.4, 0.5) is 0 Å². The van der Waals surface area contributed by atoms with Crippen molar-refractivity contribution in [3.8, 4) is 0 Å². The summed E-state index contributed by atoms with van der Waals surface area (Å²) in [7, 11) is 2.66. The minimum absolute atomic E-state index is 0.0663. The van der Waals surface area contributed by atoms with Crippen LogP contribution in [0, 0.1) is 0 Å². The predicted octanol–water partition coefficient (Wildman–Crippen LogP) is 0.706. The van der Waals surface area contributed by atoms with E-state index in [9.17, 15) is 9.59 Å². The molecule has 1 N–H and O–H groups in total. The second-order valence-corrected chi connectivity index (χ2v) is 3.69. The van der Waals surface area contributed by atoms with Gasteiger partial charge in [0.15, 0.2) is 0 Å². The average Bonchev–Trinajstić information content (AvgIpc) is 2.43. The molecule has 0 aromatic heterocycles. The highest BCUT2D eigenvalue weighted by Gasteiger charge is 2.21. The third-order valence-corrected chi connectivity index (χ3v) is 2.53. The molecule has 1 aromatic rings. The van der Waals surface area contributed by atoms with Gasteiger partial charge in [-0.2, -0.15) is 0 Å². The number of hydrogen-bond donors (Lipinski definition) is 1. The predicted molar refractivity (Wildman–Crippen MR) is 66.1 cm³/mol. The lowest BCUT2D eigenvalue weighted by atomic mass is 9.99. The first kappa shape index (κ1) is 14.2. The zero-order chi connectivity index (χ0) is 13.4. The Bertz CT molecular complexity index is 391. The van der Waals surface area contributed by atoms with Gasteiger partial charge in [-0.3, -0.25) is 9.59 Å². The molecule has 18 heavy (non-hydrogen) atoms. The van der Waals surface area contributed by atoms with E-state index in [4.69, 9.17) is 4.74 Å². The van der Waals surface area contributed by atoms with Crippen LogP contribution in [-0.2, 0) is 19.1 Å². The van der Waals surface area contributed by atoms with Crippen LogP contribution >= 0.6 is 0 Å². The molecule has 0 aliphatic heterocycles. The molecule has 0 aliphatic carbocycles. The first-order valence-corrected chi connectivity index (χ1v) is 5.59. The quantitative estimate of drug-likeness (QED) is 0.754. The topological polar surface area (TPSA) is 64.6 Å². The van der Waals surface area contributed by atoms with Crippen LogP contribution in [0.3, 0.4) is 0 Å². The second kappa shape index (κ2) is 7.45. The van der Waals surface area contributed by atoms with Crippen molar-refractivity contribution in [2.24, 2.45) is 0 Å². The fourth-order valence-corrected chi connectivity index (χ4v) is 1.56. The van der Waals surface area contributed by atoms with E-state index in [0.29, 0.717) is 6.54 Å². The van der Waals surface area contributed by atoms with Crippen molar-refractivity contribution in [2.45, 2.75) is 5.92 Å². The molecule has 0 heterocycles. The minimum Gasteiger partial charge on any atom is -0.469 e. The second-order valence-electron chi connectivity index (χ2n) is 3.69. The zero-order valence-electron chi connectivity index (χ0n) is 10.5. The summed E-state index contributed by atoms with van der Waals surface area (Å²) in [5.41, 5.74) is 0.849. The molecule has 0 radical (unpaired) electrons. The Labute approximate surface area is 106 Å². The third-order valence-electron chi connectivity index (χ3n) is 2.53. The molecular weight excluding hydrogens is 234 g/mol. The Kier molecular flexibility index (Phi) is 5.87. The maximum Gasteiger partial charge on any atom is 0.319 e. The van der Waals surface area contributed by atoms with Gasteiger partial charge in [0, 0.05) is 6.54 Å². The van der Waals surface area contributed by atoms with Gasteiger partial charge in [-0.1, -0.05) is 30.3 Å². The van der Waals surface area contributed by atoms with Crippen LogP contribution in [0.15, 0.2) is 30.3 Å². The van der Waals surface area contributed by atoms with Crippen LogP contribution in [-0.4, -0.2) is 39.2 Å². The van der Waals surface area contributed by atoms with Gasteiger partial charge in [0.05, 0.1) is 26.7 Å². The Hall–Kier alpha value is -1.88. The number of esters is 2. The largest absolute Gasteiger partial charge is 0.469 e. The summed E-state index contributed by atoms with van der Waals surface area (Å²) >= 11 is 0. The fourth-order valence-electron chi connectivity index (χ4n) is 1.56. The van der Waals surface area contributed by atoms with E-state index >= 15 is 0 Å². The smallest absolute Gasteiger partial charge is 0.319 e. The van der Waals surface area contributed by atoms with Gasteiger partial charge < -0.3 is 14.8 Å².